The van der Waals surface area contributed by atoms with Crippen LogP contribution in [-0.4, -0.2) is 152 Å². The van der Waals surface area contributed by atoms with Crippen molar-refractivity contribution in [3.05, 3.63) is 222 Å². The van der Waals surface area contributed by atoms with Gasteiger partial charge in [-0.3, -0.25) is 63.8 Å². The zero-order valence-corrected chi connectivity index (χ0v) is 51.1. The molecule has 0 radical (unpaired) electrons. The molecular formula is C63H62F3N15O12. The van der Waals surface area contributed by atoms with E-state index in [0.717, 1.165) is 36.8 Å². The predicted molar refractivity (Wildman–Crippen MR) is 340 cm³/mol. The maximum absolute atomic E-state index is 14.5. The largest absolute Gasteiger partial charge is 0.497 e. The molecule has 9 aromatic rings. The number of aromatic nitrogens is 6. The molecule has 30 heteroatoms. The van der Waals surface area contributed by atoms with Gasteiger partial charge in [0.1, 0.15) is 40.2 Å². The van der Waals surface area contributed by atoms with Gasteiger partial charge in [-0.05, 0) is 80.0 Å². The highest BCUT2D eigenvalue weighted by Crippen LogP contribution is 2.26. The Morgan fingerprint density at radius 1 is 0.516 bits per heavy atom. The number of hydrogen-bond donors (Lipinski definition) is 1. The standard InChI is InChI=1S/C23H25FN6O4.C22H24FN5O4.C18H13FN4O4/c1-27-9-11-28(12-10-27)21(25)22-26-20-13-16(30(32)33)4-6-18(20)23(31)29(22)8-7-15-3-5-17(34-2)14-19(15)24;1-25-9-11-26(12-10-25)22-24-20-13-16(28(30)31)4-6-18(20)21(29)27(22)8-7-15-3-5-17(32-2)14-19(15)23;1-20-18-21-16-9-12(23(25)26)4-6-14(16)17(24)22(18)8-7-11-3-5-13(27-2)10-15(11)19/h3-6,13-14,25H,7-12H2,1-2H3;3-6,13-14H,7-12H2,1-2H3;3-6,9-10H,7-8H2,2H3. The number of ether oxygens (including phenoxy) is 3. The SMILES string of the molecule is COc1ccc(CCn2c(C(=N)N3CCN(C)CC3)nc3cc([N+](=O)[O-])ccc3c2=O)c(F)c1.COc1ccc(CCn2c(N3CCN(C)CC3)nc3cc([N+](=O)[O-])ccc3c2=O)c(F)c1.[C-]#[N+]c1nc2cc([N+](=O)[O-])ccc2c(=O)n1CCc1ccc(OC)cc1F. The van der Waals surface area contributed by atoms with Crippen LogP contribution >= 0.6 is 0 Å². The van der Waals surface area contributed by atoms with Crippen molar-refractivity contribution in [1.82, 2.24) is 43.4 Å². The number of nitrogens with zero attached hydrogens (tertiary/aromatic N) is 14. The van der Waals surface area contributed by atoms with Crippen molar-refractivity contribution < 1.29 is 42.2 Å². The normalized spacial score (nSPS) is 13.4. The first-order valence-electron chi connectivity index (χ1n) is 29.0. The number of amidine groups is 1. The second kappa shape index (κ2) is 29.2. The molecule has 1 N–H and O–H groups in total. The van der Waals surface area contributed by atoms with Gasteiger partial charge in [-0.1, -0.05) is 18.2 Å². The summed E-state index contributed by atoms with van der Waals surface area (Å²) in [6.45, 7) is 13.2. The van der Waals surface area contributed by atoms with Crippen LogP contribution in [0.4, 0.5) is 42.1 Å². The van der Waals surface area contributed by atoms with Crippen molar-refractivity contribution >= 4 is 67.5 Å². The molecule has 2 aliphatic heterocycles. The van der Waals surface area contributed by atoms with Crippen LogP contribution in [0.5, 0.6) is 17.2 Å². The van der Waals surface area contributed by atoms with Crippen LogP contribution in [0.3, 0.4) is 0 Å². The van der Waals surface area contributed by atoms with Crippen LogP contribution in [-0.2, 0) is 38.9 Å². The van der Waals surface area contributed by atoms with Crippen LogP contribution in [0, 0.1) is 59.8 Å². The fourth-order valence-electron chi connectivity index (χ4n) is 10.5. The average molecular weight is 1280 g/mol. The number of methoxy groups -OCH3 is 3. The molecule has 11 rings (SSSR count). The molecule has 5 heterocycles. The van der Waals surface area contributed by atoms with Gasteiger partial charge in [0.2, 0.25) is 5.95 Å². The van der Waals surface area contributed by atoms with Gasteiger partial charge in [-0.15, -0.1) is 6.57 Å². The Hall–Kier alpha value is -11.2. The molecule has 2 fully saturated rings. The highest BCUT2D eigenvalue weighted by Gasteiger charge is 2.26. The Kier molecular flexibility index (Phi) is 20.8. The number of aryl methyl sites for hydroxylation is 3. The van der Waals surface area contributed by atoms with E-state index in [1.807, 2.05) is 23.9 Å². The van der Waals surface area contributed by atoms with E-state index >= 15 is 0 Å². The Balaban J connectivity index is 0.000000166. The van der Waals surface area contributed by atoms with Gasteiger partial charge in [0.15, 0.2) is 11.7 Å². The van der Waals surface area contributed by atoms with E-state index < -0.39 is 43.3 Å². The maximum Gasteiger partial charge on any atom is 0.342 e. The number of nitrogens with one attached hydrogen (secondary N) is 1. The van der Waals surface area contributed by atoms with Crippen molar-refractivity contribution in [2.45, 2.75) is 38.9 Å². The van der Waals surface area contributed by atoms with Crippen LogP contribution in [0.25, 0.3) is 37.6 Å². The molecule has 93 heavy (non-hydrogen) atoms. The smallest absolute Gasteiger partial charge is 0.342 e. The topological polar surface area (TPSA) is 303 Å². The van der Waals surface area contributed by atoms with Crippen LogP contribution < -0.4 is 35.8 Å². The van der Waals surface area contributed by atoms with Crippen LogP contribution in [0.15, 0.2) is 124 Å². The first kappa shape index (κ1) is 66.2. The minimum atomic E-state index is -0.601. The zero-order chi connectivity index (χ0) is 66.8. The number of nitro groups is 3. The molecule has 0 spiro atoms. The lowest BCUT2D eigenvalue weighted by Gasteiger charge is -2.34. The van der Waals surface area contributed by atoms with E-state index in [1.165, 1.54) is 92.6 Å². The molecule has 2 aliphatic rings. The van der Waals surface area contributed by atoms with E-state index in [0.29, 0.717) is 71.5 Å². The number of halogens is 3. The Morgan fingerprint density at radius 2 is 0.882 bits per heavy atom. The summed E-state index contributed by atoms with van der Waals surface area (Å²) in [5, 5.41) is 42.7. The van der Waals surface area contributed by atoms with Crippen molar-refractivity contribution in [2.24, 2.45) is 0 Å². The summed E-state index contributed by atoms with van der Waals surface area (Å²) in [5.74, 6) is 0.286. The lowest BCUT2D eigenvalue weighted by Crippen LogP contribution is -2.48. The third kappa shape index (κ3) is 15.2. The second-order valence-electron chi connectivity index (χ2n) is 21.7. The van der Waals surface area contributed by atoms with E-state index in [-0.39, 0.29) is 106 Å². The maximum atomic E-state index is 14.5. The predicted octanol–water partition coefficient (Wildman–Crippen LogP) is 7.96. The second-order valence-corrected chi connectivity index (χ2v) is 21.7. The number of piperazine rings is 2. The van der Waals surface area contributed by atoms with Crippen molar-refractivity contribution in [3.63, 3.8) is 0 Å². The van der Waals surface area contributed by atoms with Gasteiger partial charge in [0.05, 0.1) is 75.9 Å². The molecule has 0 amide bonds. The summed E-state index contributed by atoms with van der Waals surface area (Å²) in [6.07, 6.45) is 0.647. The molecule has 27 nitrogen and oxygen atoms in total. The molecule has 0 saturated carbocycles. The first-order chi connectivity index (χ1) is 44.6. The molecule has 0 unspecified atom stereocenters. The van der Waals surface area contributed by atoms with Gasteiger partial charge in [-0.2, -0.15) is 4.98 Å². The molecule has 0 atom stereocenters. The van der Waals surface area contributed by atoms with Gasteiger partial charge in [-0.25, -0.2) is 23.1 Å². The third-order valence-corrected chi connectivity index (χ3v) is 15.9. The number of hydrogen-bond acceptors (Lipinski definition) is 19. The molecule has 0 bridgehead atoms. The van der Waals surface area contributed by atoms with Gasteiger partial charge < -0.3 is 38.7 Å². The highest BCUT2D eigenvalue weighted by molar-refractivity contribution is 5.95. The van der Waals surface area contributed by atoms with Crippen LogP contribution in [0.2, 0.25) is 0 Å². The number of benzene rings is 6. The van der Waals surface area contributed by atoms with E-state index in [2.05, 4.69) is 29.6 Å². The van der Waals surface area contributed by atoms with Crippen molar-refractivity contribution in [2.75, 3.05) is 92.7 Å². The minimum absolute atomic E-state index is 0.0414. The van der Waals surface area contributed by atoms with Gasteiger partial charge in [0, 0.05) is 120 Å². The average Bonchev–Trinajstić information content (AvgIpc) is 0.825. The molecule has 3 aromatic heterocycles. The summed E-state index contributed by atoms with van der Waals surface area (Å²) in [5.41, 5.74) is -0.0196. The summed E-state index contributed by atoms with van der Waals surface area (Å²) in [6, 6.07) is 25.2. The minimum Gasteiger partial charge on any atom is -0.497 e. The summed E-state index contributed by atoms with van der Waals surface area (Å²) >= 11 is 0. The zero-order valence-electron chi connectivity index (χ0n) is 51.1. The number of rotatable bonds is 17. The monoisotopic (exact) mass is 1280 g/mol. The molecule has 482 valence electrons. The number of anilines is 1. The Labute approximate surface area is 527 Å². The third-order valence-electron chi connectivity index (χ3n) is 15.9. The van der Waals surface area contributed by atoms with Gasteiger partial charge >= 0.3 is 11.5 Å². The lowest BCUT2D eigenvalue weighted by molar-refractivity contribution is -0.384. The molecular weight excluding hydrogens is 1220 g/mol. The summed E-state index contributed by atoms with van der Waals surface area (Å²) in [7, 11) is 8.37. The molecule has 2 saturated heterocycles. The Bertz CT molecular complexity index is 4600. The number of fused-ring (bicyclic) bond motifs is 3. The first-order valence-corrected chi connectivity index (χ1v) is 29.0. The van der Waals surface area contributed by atoms with Crippen molar-refractivity contribution in [3.8, 4) is 17.2 Å². The summed E-state index contributed by atoms with van der Waals surface area (Å²) in [4.78, 5) is 95.6. The Morgan fingerprint density at radius 3 is 1.28 bits per heavy atom. The number of non-ortho nitro benzene ring substituents is 3. The van der Waals surface area contributed by atoms with Gasteiger partial charge in [0.25, 0.3) is 28.2 Å². The van der Waals surface area contributed by atoms with E-state index in [4.69, 9.17) is 26.2 Å². The highest BCUT2D eigenvalue weighted by atomic mass is 19.1. The lowest BCUT2D eigenvalue weighted by atomic mass is 10.1. The van der Waals surface area contributed by atoms with E-state index in [1.54, 1.807) is 41.0 Å². The van der Waals surface area contributed by atoms with Crippen LogP contribution in [0.1, 0.15) is 22.5 Å². The number of likely N-dealkylation sites (N-methyl/N-ethyl adjacent to an activating group) is 2. The fraction of sp³-hybridized carbons (Fsp3) is 0.302. The quantitative estimate of drug-likeness (QED) is 0.0297. The van der Waals surface area contributed by atoms with Crippen molar-refractivity contribution in [1.29, 1.82) is 5.41 Å². The molecule has 6 aromatic carbocycles. The van der Waals surface area contributed by atoms with E-state index in [9.17, 15) is 57.9 Å². The number of nitro benzene ring substituents is 3. The molecule has 0 aliphatic carbocycles. The fourth-order valence-corrected chi connectivity index (χ4v) is 10.5. The summed E-state index contributed by atoms with van der Waals surface area (Å²) < 4.78 is 62.1.